The summed E-state index contributed by atoms with van der Waals surface area (Å²) in [5, 5.41) is 5.24. The predicted octanol–water partition coefficient (Wildman–Crippen LogP) is 4.89. The van der Waals surface area contributed by atoms with E-state index in [0.717, 1.165) is 11.3 Å². The van der Waals surface area contributed by atoms with Crippen LogP contribution in [-0.2, 0) is 0 Å². The van der Waals surface area contributed by atoms with Crippen LogP contribution in [-0.4, -0.2) is 19.7 Å². The van der Waals surface area contributed by atoms with Gasteiger partial charge in [0, 0.05) is 5.02 Å². The van der Waals surface area contributed by atoms with Gasteiger partial charge in [0.1, 0.15) is 0 Å². The third-order valence-electron chi connectivity index (χ3n) is 4.23. The highest BCUT2D eigenvalue weighted by Crippen LogP contribution is 2.34. The van der Waals surface area contributed by atoms with Gasteiger partial charge in [-0.2, -0.15) is 4.98 Å². The van der Waals surface area contributed by atoms with E-state index >= 15 is 0 Å². The molecular formula is C20H17ClN4O2S. The number of hydrogen-bond donors (Lipinski definition) is 0. The molecule has 2 aromatic carbocycles. The number of aryl methyl sites for hydroxylation is 2. The summed E-state index contributed by atoms with van der Waals surface area (Å²) in [6.45, 7) is 5.69. The van der Waals surface area contributed by atoms with Gasteiger partial charge in [0.05, 0.1) is 21.8 Å². The largest absolute Gasteiger partial charge is 0.338 e. The summed E-state index contributed by atoms with van der Waals surface area (Å²) in [7, 11) is 0. The summed E-state index contributed by atoms with van der Waals surface area (Å²) in [4.78, 5) is 22.3. The maximum Gasteiger partial charge on any atom is 0.266 e. The zero-order chi connectivity index (χ0) is 19.8. The average Bonchev–Trinajstić information content (AvgIpc) is 3.08. The molecule has 142 valence electrons. The van der Waals surface area contributed by atoms with Crippen LogP contribution in [0.1, 0.15) is 29.5 Å². The summed E-state index contributed by atoms with van der Waals surface area (Å²) in [6, 6.07) is 12.9. The van der Waals surface area contributed by atoms with Gasteiger partial charge < -0.3 is 4.52 Å². The van der Waals surface area contributed by atoms with Crippen LogP contribution in [0.2, 0.25) is 5.02 Å². The topological polar surface area (TPSA) is 73.8 Å². The van der Waals surface area contributed by atoms with Crippen LogP contribution in [0.3, 0.4) is 0 Å². The standard InChI is InChI=1S/C20H17ClN4O2S/c1-11-5-4-6-15(9-11)25-19(26)16-8-7-14(21)10-17(16)23-20(25)28-12(2)18-22-13(3)24-27-18/h4-10,12H,1-3H3. The van der Waals surface area contributed by atoms with Crippen molar-refractivity contribution in [2.45, 2.75) is 31.2 Å². The van der Waals surface area contributed by atoms with Gasteiger partial charge in [-0.25, -0.2) is 4.98 Å². The third-order valence-corrected chi connectivity index (χ3v) is 5.51. The number of rotatable bonds is 4. The molecule has 0 aliphatic carbocycles. The number of halogens is 1. The van der Waals surface area contributed by atoms with E-state index in [1.165, 1.54) is 11.8 Å². The van der Waals surface area contributed by atoms with Crippen LogP contribution in [0.15, 0.2) is 56.9 Å². The normalized spacial score (nSPS) is 12.4. The van der Waals surface area contributed by atoms with Crippen LogP contribution in [0.5, 0.6) is 0 Å². The fraction of sp³-hybridized carbons (Fsp3) is 0.200. The fourth-order valence-corrected chi connectivity index (χ4v) is 4.02. The van der Waals surface area contributed by atoms with Crippen molar-refractivity contribution < 1.29 is 4.52 Å². The highest BCUT2D eigenvalue weighted by Gasteiger charge is 2.20. The van der Waals surface area contributed by atoms with Gasteiger partial charge in [0.2, 0.25) is 5.89 Å². The molecular weight excluding hydrogens is 396 g/mol. The van der Waals surface area contributed by atoms with E-state index < -0.39 is 0 Å². The van der Waals surface area contributed by atoms with Gasteiger partial charge >= 0.3 is 0 Å². The van der Waals surface area contributed by atoms with E-state index in [2.05, 4.69) is 10.1 Å². The zero-order valence-electron chi connectivity index (χ0n) is 15.5. The second kappa shape index (κ2) is 7.41. The molecule has 0 saturated heterocycles. The lowest BCUT2D eigenvalue weighted by Gasteiger charge is -2.15. The summed E-state index contributed by atoms with van der Waals surface area (Å²) in [5.74, 6) is 1.05. The highest BCUT2D eigenvalue weighted by molar-refractivity contribution is 7.99. The van der Waals surface area contributed by atoms with Crippen LogP contribution in [0, 0.1) is 13.8 Å². The van der Waals surface area contributed by atoms with Crippen molar-refractivity contribution in [3.8, 4) is 5.69 Å². The van der Waals surface area contributed by atoms with E-state index in [4.69, 9.17) is 21.1 Å². The molecule has 28 heavy (non-hydrogen) atoms. The minimum Gasteiger partial charge on any atom is -0.338 e. The second-order valence-electron chi connectivity index (χ2n) is 6.48. The first-order valence-electron chi connectivity index (χ1n) is 8.68. The Balaban J connectivity index is 1.91. The molecule has 0 aliphatic heterocycles. The molecule has 2 aromatic heterocycles. The number of thioether (sulfide) groups is 1. The molecule has 0 bridgehead atoms. The Morgan fingerprint density at radius 2 is 1.96 bits per heavy atom. The van der Waals surface area contributed by atoms with Crippen LogP contribution in [0.4, 0.5) is 0 Å². The smallest absolute Gasteiger partial charge is 0.266 e. The van der Waals surface area contributed by atoms with E-state index in [1.807, 2.05) is 38.1 Å². The lowest BCUT2D eigenvalue weighted by molar-refractivity contribution is 0.376. The summed E-state index contributed by atoms with van der Waals surface area (Å²) in [5.41, 5.74) is 2.21. The Bertz CT molecular complexity index is 1230. The van der Waals surface area contributed by atoms with Crippen molar-refractivity contribution in [2.75, 3.05) is 0 Å². The first-order chi connectivity index (χ1) is 13.4. The quantitative estimate of drug-likeness (QED) is 0.351. The molecule has 0 amide bonds. The van der Waals surface area contributed by atoms with Gasteiger partial charge in [0.15, 0.2) is 11.0 Å². The number of hydrogen-bond acceptors (Lipinski definition) is 6. The van der Waals surface area contributed by atoms with Crippen molar-refractivity contribution in [3.63, 3.8) is 0 Å². The number of benzene rings is 2. The van der Waals surface area contributed by atoms with E-state index in [-0.39, 0.29) is 10.8 Å². The lowest BCUT2D eigenvalue weighted by atomic mass is 10.2. The van der Waals surface area contributed by atoms with Crippen LogP contribution < -0.4 is 5.56 Å². The Hall–Kier alpha value is -2.64. The van der Waals surface area contributed by atoms with Gasteiger partial charge in [-0.05, 0) is 56.7 Å². The van der Waals surface area contributed by atoms with E-state index in [9.17, 15) is 4.79 Å². The van der Waals surface area contributed by atoms with Gasteiger partial charge in [-0.15, -0.1) is 0 Å². The Morgan fingerprint density at radius 3 is 2.68 bits per heavy atom. The minimum absolute atomic E-state index is 0.149. The maximum atomic E-state index is 13.3. The van der Waals surface area contributed by atoms with Crippen molar-refractivity contribution in [2.24, 2.45) is 0 Å². The first-order valence-corrected chi connectivity index (χ1v) is 9.94. The fourth-order valence-electron chi connectivity index (χ4n) is 2.90. The van der Waals surface area contributed by atoms with Gasteiger partial charge in [0.25, 0.3) is 5.56 Å². The first kappa shape index (κ1) is 18.7. The Labute approximate surface area is 170 Å². The second-order valence-corrected chi connectivity index (χ2v) is 8.22. The molecule has 0 aliphatic rings. The third kappa shape index (κ3) is 3.55. The maximum absolute atomic E-state index is 13.3. The monoisotopic (exact) mass is 412 g/mol. The summed E-state index contributed by atoms with van der Waals surface area (Å²) in [6.07, 6.45) is 0. The van der Waals surface area contributed by atoms with Crippen molar-refractivity contribution in [3.05, 3.63) is 75.1 Å². The molecule has 2 heterocycles. The average molecular weight is 413 g/mol. The predicted molar refractivity (Wildman–Crippen MR) is 110 cm³/mol. The summed E-state index contributed by atoms with van der Waals surface area (Å²) >= 11 is 7.50. The molecule has 0 saturated carbocycles. The molecule has 0 spiro atoms. The molecule has 6 nitrogen and oxygen atoms in total. The highest BCUT2D eigenvalue weighted by atomic mass is 35.5. The van der Waals surface area contributed by atoms with Crippen molar-refractivity contribution >= 4 is 34.3 Å². The molecule has 1 unspecified atom stereocenters. The molecule has 8 heteroatoms. The van der Waals surface area contributed by atoms with Crippen LogP contribution in [0.25, 0.3) is 16.6 Å². The van der Waals surface area contributed by atoms with Crippen LogP contribution >= 0.6 is 23.4 Å². The molecule has 0 fully saturated rings. The van der Waals surface area contributed by atoms with E-state index in [1.54, 1.807) is 29.7 Å². The van der Waals surface area contributed by atoms with Gasteiger partial charge in [-0.3, -0.25) is 9.36 Å². The van der Waals surface area contributed by atoms with E-state index in [0.29, 0.717) is 32.8 Å². The summed E-state index contributed by atoms with van der Waals surface area (Å²) < 4.78 is 6.90. The molecule has 0 N–H and O–H groups in total. The minimum atomic E-state index is -0.180. The molecule has 4 aromatic rings. The number of nitrogens with zero attached hydrogens (tertiary/aromatic N) is 4. The molecule has 4 rings (SSSR count). The lowest BCUT2D eigenvalue weighted by Crippen LogP contribution is -2.22. The Morgan fingerprint density at radius 1 is 1.14 bits per heavy atom. The molecule has 0 radical (unpaired) electrons. The SMILES string of the molecule is Cc1cccc(-n2c(SC(C)c3nc(C)no3)nc3cc(Cl)ccc3c2=O)c1. The zero-order valence-corrected chi connectivity index (χ0v) is 17.1. The van der Waals surface area contributed by atoms with Crippen molar-refractivity contribution in [1.29, 1.82) is 0 Å². The number of fused-ring (bicyclic) bond motifs is 1. The number of aromatic nitrogens is 4. The molecule has 1 atom stereocenters. The van der Waals surface area contributed by atoms with Crippen molar-refractivity contribution in [1.82, 2.24) is 19.7 Å². The Kier molecular flexibility index (Phi) is 4.95. The van der Waals surface area contributed by atoms with Gasteiger partial charge in [-0.1, -0.05) is 40.7 Å².